The Labute approximate surface area is 87.3 Å². The summed E-state index contributed by atoms with van der Waals surface area (Å²) in [6.45, 7) is 2.44. The number of hydrogen-bond donors (Lipinski definition) is 3. The third-order valence-electron chi connectivity index (χ3n) is 1.98. The molecule has 1 aromatic heterocycles. The minimum atomic E-state index is -0.614. The lowest BCUT2D eigenvalue weighted by Crippen LogP contribution is -2.44. The minimum absolute atomic E-state index is 0.209. The normalized spacial score (nSPS) is 15.0. The molecule has 78 valence electrons. The fourth-order valence-electron chi connectivity index (χ4n) is 1.04. The Morgan fingerprint density at radius 2 is 2.43 bits per heavy atom. The molecule has 0 radical (unpaired) electrons. The van der Waals surface area contributed by atoms with Crippen molar-refractivity contribution >= 4 is 17.2 Å². The largest absolute Gasteiger partial charge is 0.368 e. The Morgan fingerprint density at radius 3 is 2.93 bits per heavy atom. The van der Waals surface area contributed by atoms with Gasteiger partial charge < -0.3 is 16.8 Å². The first-order chi connectivity index (χ1) is 6.61. The minimum Gasteiger partial charge on any atom is -0.368 e. The summed E-state index contributed by atoms with van der Waals surface area (Å²) >= 11 is 1.67. The molecule has 1 aromatic rings. The highest BCUT2D eigenvalue weighted by Gasteiger charge is 2.11. The molecule has 1 rings (SSSR count). The molecule has 1 unspecified atom stereocenters. The summed E-state index contributed by atoms with van der Waals surface area (Å²) in [6, 6.07) is 3.63. The van der Waals surface area contributed by atoms with Gasteiger partial charge in [-0.05, 0) is 18.4 Å². The third kappa shape index (κ3) is 3.10. The highest BCUT2D eigenvalue weighted by Crippen LogP contribution is 2.17. The van der Waals surface area contributed by atoms with Crippen molar-refractivity contribution in [2.24, 2.45) is 11.5 Å². The average Bonchev–Trinajstić information content (AvgIpc) is 2.66. The first kappa shape index (κ1) is 11.2. The SMILES string of the molecule is C[C@H](NCC(N)C(N)=O)c1cccs1. The van der Waals surface area contributed by atoms with E-state index >= 15 is 0 Å². The van der Waals surface area contributed by atoms with E-state index in [2.05, 4.69) is 5.32 Å². The van der Waals surface area contributed by atoms with Crippen LogP contribution in [-0.2, 0) is 4.79 Å². The van der Waals surface area contributed by atoms with Gasteiger partial charge in [0.25, 0.3) is 0 Å². The van der Waals surface area contributed by atoms with E-state index in [1.165, 1.54) is 4.88 Å². The van der Waals surface area contributed by atoms with Crippen LogP contribution in [0.3, 0.4) is 0 Å². The van der Waals surface area contributed by atoms with Crippen LogP contribution in [0.25, 0.3) is 0 Å². The van der Waals surface area contributed by atoms with E-state index in [4.69, 9.17) is 11.5 Å². The lowest BCUT2D eigenvalue weighted by molar-refractivity contribution is -0.119. The molecular formula is C9H15N3OS. The van der Waals surface area contributed by atoms with Crippen molar-refractivity contribution < 1.29 is 4.79 Å². The van der Waals surface area contributed by atoms with E-state index in [-0.39, 0.29) is 6.04 Å². The number of rotatable bonds is 5. The van der Waals surface area contributed by atoms with Crippen LogP contribution >= 0.6 is 11.3 Å². The maximum atomic E-state index is 10.7. The summed E-state index contributed by atoms with van der Waals surface area (Å²) in [5.41, 5.74) is 10.5. The summed E-state index contributed by atoms with van der Waals surface area (Å²) in [5, 5.41) is 5.17. The number of thiophene rings is 1. The second kappa shape index (κ2) is 5.09. The number of nitrogens with two attached hydrogens (primary N) is 2. The second-order valence-corrected chi connectivity index (χ2v) is 4.13. The Kier molecular flexibility index (Phi) is 4.06. The standard InChI is InChI=1S/C9H15N3OS/c1-6(8-3-2-4-14-8)12-5-7(10)9(11)13/h2-4,6-7,12H,5,10H2,1H3,(H2,11,13)/t6-,7?/m0/s1. The molecule has 5 N–H and O–H groups in total. The zero-order chi connectivity index (χ0) is 10.6. The summed E-state index contributed by atoms with van der Waals surface area (Å²) < 4.78 is 0. The lowest BCUT2D eigenvalue weighted by atomic mass is 10.2. The molecule has 14 heavy (non-hydrogen) atoms. The summed E-state index contributed by atoms with van der Waals surface area (Å²) in [7, 11) is 0. The Morgan fingerprint density at radius 1 is 1.71 bits per heavy atom. The smallest absolute Gasteiger partial charge is 0.235 e. The zero-order valence-electron chi connectivity index (χ0n) is 8.07. The van der Waals surface area contributed by atoms with Gasteiger partial charge in [-0.1, -0.05) is 6.07 Å². The molecule has 0 aliphatic heterocycles. The van der Waals surface area contributed by atoms with E-state index < -0.39 is 11.9 Å². The van der Waals surface area contributed by atoms with E-state index in [9.17, 15) is 4.79 Å². The fraction of sp³-hybridized carbons (Fsp3) is 0.444. The van der Waals surface area contributed by atoms with Gasteiger partial charge >= 0.3 is 0 Å². The van der Waals surface area contributed by atoms with Gasteiger partial charge in [-0.2, -0.15) is 0 Å². The van der Waals surface area contributed by atoms with Gasteiger partial charge in [-0.3, -0.25) is 4.79 Å². The first-order valence-corrected chi connectivity index (χ1v) is 5.31. The zero-order valence-corrected chi connectivity index (χ0v) is 8.88. The van der Waals surface area contributed by atoms with Crippen molar-refractivity contribution in [2.75, 3.05) is 6.54 Å². The van der Waals surface area contributed by atoms with Gasteiger partial charge in [-0.15, -0.1) is 11.3 Å². The molecule has 0 aliphatic rings. The molecule has 0 saturated heterocycles. The Bertz CT molecular complexity index is 286. The van der Waals surface area contributed by atoms with Gasteiger partial charge in [0.05, 0.1) is 6.04 Å². The van der Waals surface area contributed by atoms with Crippen molar-refractivity contribution in [1.82, 2.24) is 5.32 Å². The monoisotopic (exact) mass is 213 g/mol. The molecule has 0 fully saturated rings. The Hall–Kier alpha value is -0.910. The maximum absolute atomic E-state index is 10.7. The quantitative estimate of drug-likeness (QED) is 0.654. The van der Waals surface area contributed by atoms with Crippen LogP contribution in [-0.4, -0.2) is 18.5 Å². The summed E-state index contributed by atoms with van der Waals surface area (Å²) in [4.78, 5) is 11.9. The molecule has 0 spiro atoms. The van der Waals surface area contributed by atoms with Crippen LogP contribution < -0.4 is 16.8 Å². The molecule has 0 aliphatic carbocycles. The number of amides is 1. The number of carbonyl (C=O) groups is 1. The average molecular weight is 213 g/mol. The van der Waals surface area contributed by atoms with Crippen molar-refractivity contribution in [3.8, 4) is 0 Å². The topological polar surface area (TPSA) is 81.1 Å². The molecule has 0 bridgehead atoms. The highest BCUT2D eigenvalue weighted by molar-refractivity contribution is 7.10. The van der Waals surface area contributed by atoms with Crippen molar-refractivity contribution in [1.29, 1.82) is 0 Å². The van der Waals surface area contributed by atoms with Crippen LogP contribution in [0, 0.1) is 0 Å². The van der Waals surface area contributed by atoms with Gasteiger partial charge in [0.15, 0.2) is 0 Å². The molecule has 4 nitrogen and oxygen atoms in total. The molecule has 0 saturated carbocycles. The van der Waals surface area contributed by atoms with Crippen molar-refractivity contribution in [3.63, 3.8) is 0 Å². The molecule has 5 heteroatoms. The predicted octanol–water partition coefficient (Wildman–Crippen LogP) is 0.211. The van der Waals surface area contributed by atoms with Crippen molar-refractivity contribution in [2.45, 2.75) is 19.0 Å². The molecule has 2 atom stereocenters. The third-order valence-corrected chi connectivity index (χ3v) is 3.03. The molecule has 0 aromatic carbocycles. The highest BCUT2D eigenvalue weighted by atomic mass is 32.1. The molecule has 1 heterocycles. The van der Waals surface area contributed by atoms with E-state index in [1.54, 1.807) is 11.3 Å². The fourth-order valence-corrected chi connectivity index (χ4v) is 1.80. The number of primary amides is 1. The maximum Gasteiger partial charge on any atom is 0.235 e. The van der Waals surface area contributed by atoms with Crippen LogP contribution in [0.5, 0.6) is 0 Å². The van der Waals surface area contributed by atoms with E-state index in [1.807, 2.05) is 24.4 Å². The van der Waals surface area contributed by atoms with E-state index in [0.29, 0.717) is 6.54 Å². The number of hydrogen-bond acceptors (Lipinski definition) is 4. The molecule has 1 amide bonds. The van der Waals surface area contributed by atoms with Gasteiger partial charge in [-0.25, -0.2) is 0 Å². The van der Waals surface area contributed by atoms with E-state index in [0.717, 1.165) is 0 Å². The summed E-state index contributed by atoms with van der Waals surface area (Å²) in [6.07, 6.45) is 0. The van der Waals surface area contributed by atoms with Crippen molar-refractivity contribution in [3.05, 3.63) is 22.4 Å². The van der Waals surface area contributed by atoms with Crippen LogP contribution in [0.1, 0.15) is 17.8 Å². The number of carbonyl (C=O) groups excluding carboxylic acids is 1. The van der Waals surface area contributed by atoms with Gasteiger partial charge in [0.2, 0.25) is 5.91 Å². The summed E-state index contributed by atoms with van der Waals surface area (Å²) in [5.74, 6) is -0.476. The Balaban J connectivity index is 2.35. The van der Waals surface area contributed by atoms with Gasteiger partial charge in [0.1, 0.15) is 0 Å². The number of nitrogens with one attached hydrogen (secondary N) is 1. The van der Waals surface area contributed by atoms with Gasteiger partial charge in [0, 0.05) is 17.5 Å². The van der Waals surface area contributed by atoms with Crippen LogP contribution in [0.4, 0.5) is 0 Å². The predicted molar refractivity (Wildman–Crippen MR) is 57.9 cm³/mol. The first-order valence-electron chi connectivity index (χ1n) is 4.43. The van der Waals surface area contributed by atoms with Crippen LogP contribution in [0.2, 0.25) is 0 Å². The van der Waals surface area contributed by atoms with Crippen LogP contribution in [0.15, 0.2) is 17.5 Å². The lowest BCUT2D eigenvalue weighted by Gasteiger charge is -2.14. The second-order valence-electron chi connectivity index (χ2n) is 3.15. The molecular weight excluding hydrogens is 198 g/mol.